The molecule has 1 aromatic heterocycles. The molecule has 0 spiro atoms. The van der Waals surface area contributed by atoms with Crippen LogP contribution in [0.2, 0.25) is 0 Å². The molecule has 3 rings (SSSR count). The monoisotopic (exact) mass is 227 g/mol. The Kier molecular flexibility index (Phi) is 2.08. The van der Waals surface area contributed by atoms with Crippen LogP contribution >= 0.6 is 0 Å². The summed E-state index contributed by atoms with van der Waals surface area (Å²) in [5.41, 5.74) is 3.97. The fraction of sp³-hybridized carbons (Fsp3) is 0.214. The van der Waals surface area contributed by atoms with E-state index in [0.717, 1.165) is 28.3 Å². The van der Waals surface area contributed by atoms with E-state index in [1.54, 1.807) is 6.92 Å². The number of aromatic nitrogens is 1. The summed E-state index contributed by atoms with van der Waals surface area (Å²) in [5, 5.41) is 0. The van der Waals surface area contributed by atoms with E-state index in [0.29, 0.717) is 6.61 Å². The SMILES string of the molecule is CC(=O)c1cc2c(n1C)-c1ccccc1OC2. The third-order valence-corrected chi connectivity index (χ3v) is 3.20. The Labute approximate surface area is 99.6 Å². The summed E-state index contributed by atoms with van der Waals surface area (Å²) >= 11 is 0. The number of ether oxygens (including phenoxy) is 1. The molecule has 17 heavy (non-hydrogen) atoms. The zero-order chi connectivity index (χ0) is 12.0. The summed E-state index contributed by atoms with van der Waals surface area (Å²) in [6.45, 7) is 2.13. The number of hydrogen-bond donors (Lipinski definition) is 0. The number of benzene rings is 1. The van der Waals surface area contributed by atoms with E-state index < -0.39 is 0 Å². The molecule has 2 aromatic rings. The Hall–Kier alpha value is -2.03. The van der Waals surface area contributed by atoms with Gasteiger partial charge in [0.1, 0.15) is 12.4 Å². The number of carbonyl (C=O) groups excluding carboxylic acids is 1. The van der Waals surface area contributed by atoms with Gasteiger partial charge >= 0.3 is 0 Å². The average Bonchev–Trinajstić information content (AvgIpc) is 2.67. The Bertz CT molecular complexity index is 611. The number of rotatable bonds is 1. The zero-order valence-corrected chi connectivity index (χ0v) is 9.86. The maximum absolute atomic E-state index is 11.5. The molecule has 1 aliphatic rings. The predicted molar refractivity (Wildman–Crippen MR) is 65.2 cm³/mol. The van der Waals surface area contributed by atoms with Gasteiger partial charge in [-0.3, -0.25) is 4.79 Å². The number of Topliss-reactive ketones (excluding diaryl/α,β-unsaturated/α-hetero) is 1. The van der Waals surface area contributed by atoms with Crippen molar-refractivity contribution in [3.05, 3.63) is 41.6 Å². The molecule has 3 nitrogen and oxygen atoms in total. The summed E-state index contributed by atoms with van der Waals surface area (Å²) < 4.78 is 7.63. The van der Waals surface area contributed by atoms with Crippen LogP contribution in [-0.2, 0) is 13.7 Å². The average molecular weight is 227 g/mol. The molecule has 1 aliphatic heterocycles. The van der Waals surface area contributed by atoms with E-state index in [-0.39, 0.29) is 5.78 Å². The molecule has 0 saturated carbocycles. The topological polar surface area (TPSA) is 31.2 Å². The maximum Gasteiger partial charge on any atom is 0.176 e. The smallest absolute Gasteiger partial charge is 0.176 e. The molecule has 3 heteroatoms. The van der Waals surface area contributed by atoms with Gasteiger partial charge in [0.05, 0.1) is 11.4 Å². The molecule has 0 saturated heterocycles. The number of nitrogens with zero attached hydrogens (tertiary/aromatic N) is 1. The van der Waals surface area contributed by atoms with Crippen molar-refractivity contribution in [1.29, 1.82) is 0 Å². The zero-order valence-electron chi connectivity index (χ0n) is 9.86. The van der Waals surface area contributed by atoms with Crippen LogP contribution in [0.4, 0.5) is 0 Å². The minimum Gasteiger partial charge on any atom is -0.488 e. The van der Waals surface area contributed by atoms with Gasteiger partial charge in [-0.1, -0.05) is 12.1 Å². The Morgan fingerprint density at radius 1 is 1.35 bits per heavy atom. The third-order valence-electron chi connectivity index (χ3n) is 3.20. The van der Waals surface area contributed by atoms with E-state index in [1.165, 1.54) is 0 Å². The number of hydrogen-bond acceptors (Lipinski definition) is 2. The van der Waals surface area contributed by atoms with Crippen LogP contribution in [-0.4, -0.2) is 10.4 Å². The predicted octanol–water partition coefficient (Wildman–Crippen LogP) is 2.79. The van der Waals surface area contributed by atoms with Crippen LogP contribution in [0.1, 0.15) is 23.0 Å². The normalized spacial score (nSPS) is 12.6. The standard InChI is InChI=1S/C14H13NO2/c1-9(16)12-7-10-8-17-13-6-4-3-5-11(13)14(10)15(12)2/h3-7H,8H2,1-2H3. The van der Waals surface area contributed by atoms with E-state index >= 15 is 0 Å². The fourth-order valence-electron chi connectivity index (χ4n) is 2.41. The maximum atomic E-state index is 11.5. The van der Waals surface area contributed by atoms with Gasteiger partial charge in [-0.05, 0) is 18.2 Å². The molecule has 2 heterocycles. The molecule has 0 bridgehead atoms. The largest absolute Gasteiger partial charge is 0.488 e. The minimum atomic E-state index is 0.0828. The molecule has 86 valence electrons. The summed E-state index contributed by atoms with van der Waals surface area (Å²) in [6.07, 6.45) is 0. The van der Waals surface area contributed by atoms with Crippen LogP contribution in [0.3, 0.4) is 0 Å². The first kappa shape index (κ1) is 10.1. The summed E-state index contributed by atoms with van der Waals surface area (Å²) in [4.78, 5) is 11.5. The second-order valence-corrected chi connectivity index (χ2v) is 4.30. The van der Waals surface area contributed by atoms with Gasteiger partial charge in [0.15, 0.2) is 5.78 Å². The van der Waals surface area contributed by atoms with Gasteiger partial charge in [0.25, 0.3) is 0 Å². The van der Waals surface area contributed by atoms with E-state index in [1.807, 2.05) is 41.9 Å². The van der Waals surface area contributed by atoms with Gasteiger partial charge in [0.2, 0.25) is 0 Å². The molecular weight excluding hydrogens is 214 g/mol. The quantitative estimate of drug-likeness (QED) is 0.701. The molecule has 0 amide bonds. The van der Waals surface area contributed by atoms with Crippen molar-refractivity contribution in [3.8, 4) is 17.0 Å². The molecule has 0 radical (unpaired) electrons. The number of ketones is 1. The lowest BCUT2D eigenvalue weighted by Gasteiger charge is -2.19. The van der Waals surface area contributed by atoms with E-state index in [2.05, 4.69) is 0 Å². The molecular formula is C14H13NO2. The summed E-state index contributed by atoms with van der Waals surface area (Å²) in [6, 6.07) is 9.85. The molecule has 0 aliphatic carbocycles. The summed E-state index contributed by atoms with van der Waals surface area (Å²) in [7, 11) is 1.93. The van der Waals surface area contributed by atoms with Crippen LogP contribution in [0, 0.1) is 0 Å². The fourth-order valence-corrected chi connectivity index (χ4v) is 2.41. The lowest BCUT2D eigenvalue weighted by atomic mass is 10.0. The van der Waals surface area contributed by atoms with Gasteiger partial charge < -0.3 is 9.30 Å². The highest BCUT2D eigenvalue weighted by atomic mass is 16.5. The van der Waals surface area contributed by atoms with Gasteiger partial charge in [0, 0.05) is 25.1 Å². The van der Waals surface area contributed by atoms with Crippen molar-refractivity contribution >= 4 is 5.78 Å². The van der Waals surface area contributed by atoms with Crippen LogP contribution in [0.15, 0.2) is 30.3 Å². The van der Waals surface area contributed by atoms with Gasteiger partial charge in [-0.15, -0.1) is 0 Å². The van der Waals surface area contributed by atoms with Crippen molar-refractivity contribution < 1.29 is 9.53 Å². The first-order chi connectivity index (χ1) is 8.18. The number of para-hydroxylation sites is 1. The highest BCUT2D eigenvalue weighted by molar-refractivity contribution is 5.94. The molecule has 0 atom stereocenters. The Morgan fingerprint density at radius 3 is 2.88 bits per heavy atom. The number of carbonyl (C=O) groups is 1. The van der Waals surface area contributed by atoms with Crippen molar-refractivity contribution in [2.75, 3.05) is 0 Å². The highest BCUT2D eigenvalue weighted by Crippen LogP contribution is 2.38. The minimum absolute atomic E-state index is 0.0828. The van der Waals surface area contributed by atoms with Crippen molar-refractivity contribution in [3.63, 3.8) is 0 Å². The van der Waals surface area contributed by atoms with Crippen LogP contribution < -0.4 is 4.74 Å². The lowest BCUT2D eigenvalue weighted by molar-refractivity contribution is 0.101. The first-order valence-electron chi connectivity index (χ1n) is 5.60. The second-order valence-electron chi connectivity index (χ2n) is 4.30. The Balaban J connectivity index is 2.28. The van der Waals surface area contributed by atoms with Gasteiger partial charge in [-0.25, -0.2) is 0 Å². The van der Waals surface area contributed by atoms with Gasteiger partial charge in [-0.2, -0.15) is 0 Å². The second kappa shape index (κ2) is 3.48. The summed E-state index contributed by atoms with van der Waals surface area (Å²) in [5.74, 6) is 0.968. The Morgan fingerprint density at radius 2 is 2.12 bits per heavy atom. The lowest BCUT2D eigenvalue weighted by Crippen LogP contribution is -2.07. The molecule has 0 N–H and O–H groups in total. The third kappa shape index (κ3) is 1.39. The van der Waals surface area contributed by atoms with Crippen LogP contribution in [0.25, 0.3) is 11.3 Å². The van der Waals surface area contributed by atoms with Crippen molar-refractivity contribution in [2.45, 2.75) is 13.5 Å². The highest BCUT2D eigenvalue weighted by Gasteiger charge is 2.23. The first-order valence-corrected chi connectivity index (χ1v) is 5.60. The van der Waals surface area contributed by atoms with Crippen molar-refractivity contribution in [2.24, 2.45) is 7.05 Å². The molecule has 1 aromatic carbocycles. The van der Waals surface area contributed by atoms with E-state index in [9.17, 15) is 4.79 Å². The van der Waals surface area contributed by atoms with E-state index in [4.69, 9.17) is 4.74 Å². The van der Waals surface area contributed by atoms with Crippen molar-refractivity contribution in [1.82, 2.24) is 4.57 Å². The van der Waals surface area contributed by atoms with Crippen LogP contribution in [0.5, 0.6) is 5.75 Å². The molecule has 0 unspecified atom stereocenters. The number of fused-ring (bicyclic) bond motifs is 3. The molecule has 0 fully saturated rings.